The Morgan fingerprint density at radius 1 is 1.42 bits per heavy atom. The smallest absolute Gasteiger partial charge is 0.317 e. The molecule has 0 radical (unpaired) electrons. The second-order valence-corrected chi connectivity index (χ2v) is 6.97. The minimum absolute atomic E-state index is 0.00584. The Hall–Kier alpha value is -1.22. The van der Waals surface area contributed by atoms with Crippen molar-refractivity contribution < 1.29 is 14.6 Å². The molecule has 2 rings (SSSR count). The van der Waals surface area contributed by atoms with E-state index in [0.717, 1.165) is 43.4 Å². The van der Waals surface area contributed by atoms with Crippen molar-refractivity contribution in [3.05, 3.63) is 16.1 Å². The summed E-state index contributed by atoms with van der Waals surface area (Å²) in [6.45, 7) is 9.78. The van der Waals surface area contributed by atoms with Crippen molar-refractivity contribution in [3.8, 4) is 0 Å². The molecule has 0 saturated carbocycles. The fourth-order valence-electron chi connectivity index (χ4n) is 2.57. The zero-order valence-electron chi connectivity index (χ0n) is 14.5. The number of aryl methyl sites for hydroxylation is 1. The lowest BCUT2D eigenvalue weighted by atomic mass is 10.2. The van der Waals surface area contributed by atoms with Crippen molar-refractivity contribution in [1.29, 1.82) is 0 Å². The number of amides is 2. The van der Waals surface area contributed by atoms with Crippen LogP contribution in [0.15, 0.2) is 5.38 Å². The highest BCUT2D eigenvalue weighted by atomic mass is 32.1. The zero-order chi connectivity index (χ0) is 17.4. The first kappa shape index (κ1) is 19.1. The van der Waals surface area contributed by atoms with Gasteiger partial charge in [-0.05, 0) is 6.92 Å². The third kappa shape index (κ3) is 6.01. The van der Waals surface area contributed by atoms with Crippen LogP contribution in [0.2, 0.25) is 0 Å². The molecular formula is C16H28N4O3S. The number of nitrogens with one attached hydrogen (secondary N) is 1. The molecule has 2 amide bonds. The molecule has 1 fully saturated rings. The molecular weight excluding hydrogens is 328 g/mol. The van der Waals surface area contributed by atoms with Gasteiger partial charge in [0.2, 0.25) is 0 Å². The third-order valence-corrected chi connectivity index (χ3v) is 5.26. The van der Waals surface area contributed by atoms with Gasteiger partial charge in [0.1, 0.15) is 0 Å². The van der Waals surface area contributed by atoms with Crippen molar-refractivity contribution in [2.24, 2.45) is 0 Å². The highest BCUT2D eigenvalue weighted by Crippen LogP contribution is 2.18. The number of ether oxygens (including phenoxy) is 1. The van der Waals surface area contributed by atoms with Gasteiger partial charge in [-0.1, -0.05) is 6.92 Å². The summed E-state index contributed by atoms with van der Waals surface area (Å²) in [5, 5.41) is 14.8. The summed E-state index contributed by atoms with van der Waals surface area (Å²) >= 11 is 1.65. The molecule has 1 aromatic rings. The van der Waals surface area contributed by atoms with Crippen molar-refractivity contribution >= 4 is 17.4 Å². The Balaban J connectivity index is 1.63. The fraction of sp³-hybridized carbons (Fsp3) is 0.750. The largest absolute Gasteiger partial charge is 0.394 e. The minimum Gasteiger partial charge on any atom is -0.394 e. The van der Waals surface area contributed by atoms with Crippen LogP contribution in [0.4, 0.5) is 4.79 Å². The second-order valence-electron chi connectivity index (χ2n) is 6.08. The molecule has 1 aliphatic heterocycles. The van der Waals surface area contributed by atoms with E-state index in [1.54, 1.807) is 11.3 Å². The number of piperazine rings is 1. The molecule has 0 unspecified atom stereocenters. The van der Waals surface area contributed by atoms with Crippen LogP contribution in [0.25, 0.3) is 0 Å². The zero-order valence-corrected chi connectivity index (χ0v) is 15.3. The minimum atomic E-state index is 0.00584. The average Bonchev–Trinajstić information content (AvgIpc) is 3.03. The number of rotatable bonds is 8. The van der Waals surface area contributed by atoms with E-state index < -0.39 is 0 Å². The molecule has 1 atom stereocenters. The van der Waals surface area contributed by atoms with Gasteiger partial charge >= 0.3 is 6.03 Å². The normalized spacial score (nSPS) is 17.0. The summed E-state index contributed by atoms with van der Waals surface area (Å²) in [5.74, 6) is 0.234. The Morgan fingerprint density at radius 3 is 2.79 bits per heavy atom. The number of carbonyl (C=O) groups excluding carboxylic acids is 1. The Morgan fingerprint density at radius 2 is 2.17 bits per heavy atom. The number of hydrogen-bond donors (Lipinski definition) is 2. The predicted molar refractivity (Wildman–Crippen MR) is 94.6 cm³/mol. The van der Waals surface area contributed by atoms with Gasteiger partial charge in [0, 0.05) is 56.3 Å². The molecule has 1 saturated heterocycles. The van der Waals surface area contributed by atoms with Crippen molar-refractivity contribution in [2.75, 3.05) is 59.1 Å². The third-order valence-electron chi connectivity index (χ3n) is 4.06. The molecule has 24 heavy (non-hydrogen) atoms. The Kier molecular flexibility index (Phi) is 7.90. The summed E-state index contributed by atoms with van der Waals surface area (Å²) in [7, 11) is 0. The number of urea groups is 1. The first-order valence-electron chi connectivity index (χ1n) is 8.46. The van der Waals surface area contributed by atoms with E-state index in [0.29, 0.717) is 19.8 Å². The topological polar surface area (TPSA) is 77.9 Å². The number of aliphatic hydroxyl groups is 1. The van der Waals surface area contributed by atoms with Crippen LogP contribution in [0.1, 0.15) is 23.5 Å². The number of aromatic nitrogens is 1. The van der Waals surface area contributed by atoms with Gasteiger partial charge in [-0.2, -0.15) is 0 Å². The lowest BCUT2D eigenvalue weighted by Gasteiger charge is -2.34. The highest BCUT2D eigenvalue weighted by Gasteiger charge is 2.21. The maximum Gasteiger partial charge on any atom is 0.317 e. The molecule has 0 bridgehead atoms. The van der Waals surface area contributed by atoms with Crippen LogP contribution >= 0.6 is 11.3 Å². The van der Waals surface area contributed by atoms with Crippen LogP contribution in [0.3, 0.4) is 0 Å². The monoisotopic (exact) mass is 356 g/mol. The lowest BCUT2D eigenvalue weighted by Crippen LogP contribution is -2.52. The van der Waals surface area contributed by atoms with E-state index in [1.165, 1.54) is 0 Å². The van der Waals surface area contributed by atoms with Gasteiger partial charge < -0.3 is 20.1 Å². The average molecular weight is 356 g/mol. The van der Waals surface area contributed by atoms with E-state index in [4.69, 9.17) is 9.84 Å². The van der Waals surface area contributed by atoms with Crippen molar-refractivity contribution in [2.45, 2.75) is 19.8 Å². The SMILES string of the molecule is Cc1csc([C@@H](C)CNC(=O)N2CCN(CCOCCO)CC2)n1. The molecule has 1 aliphatic rings. The number of carbonyl (C=O) groups is 1. The maximum atomic E-state index is 12.3. The van der Waals surface area contributed by atoms with Gasteiger partial charge in [0.25, 0.3) is 0 Å². The van der Waals surface area contributed by atoms with Crippen LogP contribution in [-0.2, 0) is 4.74 Å². The van der Waals surface area contributed by atoms with Crippen LogP contribution in [-0.4, -0.2) is 85.0 Å². The quantitative estimate of drug-likeness (QED) is 0.677. The van der Waals surface area contributed by atoms with Gasteiger partial charge in [0.15, 0.2) is 0 Å². The van der Waals surface area contributed by atoms with E-state index in [1.807, 2.05) is 17.2 Å². The molecule has 0 aromatic carbocycles. The number of aliphatic hydroxyl groups excluding tert-OH is 1. The summed E-state index contributed by atoms with van der Waals surface area (Å²) in [6.07, 6.45) is 0. The first-order chi connectivity index (χ1) is 11.6. The summed E-state index contributed by atoms with van der Waals surface area (Å²) in [5.41, 5.74) is 1.03. The Bertz CT molecular complexity index is 503. The molecule has 136 valence electrons. The van der Waals surface area contributed by atoms with Crippen LogP contribution < -0.4 is 5.32 Å². The van der Waals surface area contributed by atoms with Gasteiger partial charge in [-0.3, -0.25) is 4.90 Å². The second kappa shape index (κ2) is 9.93. The predicted octanol–water partition coefficient (Wildman–Crippen LogP) is 0.891. The molecule has 0 aliphatic carbocycles. The first-order valence-corrected chi connectivity index (χ1v) is 9.34. The van der Waals surface area contributed by atoms with E-state index in [-0.39, 0.29) is 18.6 Å². The van der Waals surface area contributed by atoms with Crippen molar-refractivity contribution in [1.82, 2.24) is 20.1 Å². The van der Waals surface area contributed by atoms with Gasteiger partial charge in [-0.15, -0.1) is 11.3 Å². The number of thiazole rings is 1. The number of hydrogen-bond acceptors (Lipinski definition) is 6. The molecule has 7 nitrogen and oxygen atoms in total. The van der Waals surface area contributed by atoms with Crippen LogP contribution in [0, 0.1) is 6.92 Å². The fourth-order valence-corrected chi connectivity index (χ4v) is 3.43. The molecule has 2 heterocycles. The highest BCUT2D eigenvalue weighted by molar-refractivity contribution is 7.09. The summed E-state index contributed by atoms with van der Waals surface area (Å²) < 4.78 is 5.28. The Labute approximate surface area is 147 Å². The summed E-state index contributed by atoms with van der Waals surface area (Å²) in [4.78, 5) is 20.9. The van der Waals surface area contributed by atoms with Gasteiger partial charge in [-0.25, -0.2) is 9.78 Å². The standard InChI is InChI=1S/C16H28N4O3S/c1-13(15-18-14(2)12-24-15)11-17-16(22)20-5-3-19(4-6-20)7-9-23-10-8-21/h12-13,21H,3-11H2,1-2H3,(H,17,22)/t13-/m0/s1. The van der Waals surface area contributed by atoms with E-state index in [9.17, 15) is 4.79 Å². The van der Waals surface area contributed by atoms with Crippen molar-refractivity contribution in [3.63, 3.8) is 0 Å². The molecule has 1 aromatic heterocycles. The van der Waals surface area contributed by atoms with E-state index >= 15 is 0 Å². The molecule has 0 spiro atoms. The van der Waals surface area contributed by atoms with Crippen LogP contribution in [0.5, 0.6) is 0 Å². The number of nitrogens with zero attached hydrogens (tertiary/aromatic N) is 3. The molecule has 2 N–H and O–H groups in total. The lowest BCUT2D eigenvalue weighted by molar-refractivity contribution is 0.0619. The maximum absolute atomic E-state index is 12.3. The molecule has 8 heteroatoms. The summed E-state index contributed by atoms with van der Waals surface area (Å²) in [6, 6.07) is 0.00584. The van der Waals surface area contributed by atoms with Gasteiger partial charge in [0.05, 0.1) is 24.8 Å². The van der Waals surface area contributed by atoms with E-state index in [2.05, 4.69) is 22.1 Å².